The van der Waals surface area contributed by atoms with Crippen LogP contribution in [0.2, 0.25) is 0 Å². The zero-order valence-corrected chi connectivity index (χ0v) is 12.5. The van der Waals surface area contributed by atoms with Gasteiger partial charge in [0.05, 0.1) is 0 Å². The number of fused-ring (bicyclic) bond motifs is 2. The lowest BCUT2D eigenvalue weighted by atomic mass is 10.1. The first kappa shape index (κ1) is 13.1. The number of carbonyl (C=O) groups is 1. The largest absolute Gasteiger partial charge is 0.384 e. The van der Waals surface area contributed by atoms with Crippen molar-refractivity contribution < 1.29 is 4.79 Å². The predicted octanol–water partition coefficient (Wildman–Crippen LogP) is 1.96. The molecule has 2 fully saturated rings. The van der Waals surface area contributed by atoms with Crippen molar-refractivity contribution in [1.82, 2.24) is 9.80 Å². The first-order valence-electron chi connectivity index (χ1n) is 8.21. The number of benzene rings is 1. The standard InChI is InChI=1S/C17H23N3O/c21-17(14-5-4-13-6-7-18-16(13)11-14)20-10-2-9-19-8-1-3-15(19)12-20/h4-5,11,15,18H,1-3,6-10,12H2. The lowest BCUT2D eigenvalue weighted by molar-refractivity contribution is 0.0743. The Bertz CT molecular complexity index is 557. The third kappa shape index (κ3) is 2.42. The summed E-state index contributed by atoms with van der Waals surface area (Å²) in [5, 5.41) is 3.37. The van der Waals surface area contributed by atoms with E-state index in [4.69, 9.17) is 0 Å². The summed E-state index contributed by atoms with van der Waals surface area (Å²) in [7, 11) is 0. The Morgan fingerprint density at radius 2 is 2.10 bits per heavy atom. The van der Waals surface area contributed by atoms with Gasteiger partial charge in [0.25, 0.3) is 5.91 Å². The van der Waals surface area contributed by atoms with E-state index >= 15 is 0 Å². The van der Waals surface area contributed by atoms with Gasteiger partial charge < -0.3 is 10.2 Å². The Kier molecular flexibility index (Phi) is 3.34. The Morgan fingerprint density at radius 3 is 3.05 bits per heavy atom. The average Bonchev–Trinajstić information content (AvgIpc) is 3.10. The number of nitrogens with zero attached hydrogens (tertiary/aromatic N) is 2. The first-order valence-corrected chi connectivity index (χ1v) is 8.21. The zero-order chi connectivity index (χ0) is 14.2. The van der Waals surface area contributed by atoms with Crippen LogP contribution >= 0.6 is 0 Å². The maximum atomic E-state index is 12.8. The van der Waals surface area contributed by atoms with E-state index in [1.54, 1.807) is 0 Å². The van der Waals surface area contributed by atoms with Crippen molar-refractivity contribution in [2.75, 3.05) is 38.0 Å². The van der Waals surface area contributed by atoms with Gasteiger partial charge in [0.2, 0.25) is 0 Å². The van der Waals surface area contributed by atoms with E-state index in [1.165, 1.54) is 24.9 Å². The molecule has 1 amide bonds. The van der Waals surface area contributed by atoms with Gasteiger partial charge in [-0.05, 0) is 49.9 Å². The van der Waals surface area contributed by atoms with Gasteiger partial charge in [-0.25, -0.2) is 0 Å². The fourth-order valence-electron chi connectivity index (χ4n) is 4.00. The van der Waals surface area contributed by atoms with E-state index < -0.39 is 0 Å². The minimum Gasteiger partial charge on any atom is -0.384 e. The highest BCUT2D eigenvalue weighted by atomic mass is 16.2. The van der Waals surface area contributed by atoms with E-state index in [2.05, 4.69) is 21.2 Å². The molecule has 1 atom stereocenters. The zero-order valence-electron chi connectivity index (χ0n) is 12.5. The summed E-state index contributed by atoms with van der Waals surface area (Å²) in [6.07, 6.45) is 4.71. The van der Waals surface area contributed by atoms with E-state index in [0.717, 1.165) is 50.3 Å². The molecule has 3 aliphatic heterocycles. The fourth-order valence-corrected chi connectivity index (χ4v) is 4.00. The summed E-state index contributed by atoms with van der Waals surface area (Å²) in [4.78, 5) is 17.5. The number of rotatable bonds is 1. The van der Waals surface area contributed by atoms with E-state index in [-0.39, 0.29) is 5.91 Å². The van der Waals surface area contributed by atoms with Crippen LogP contribution in [0.5, 0.6) is 0 Å². The first-order chi connectivity index (χ1) is 10.3. The summed E-state index contributed by atoms with van der Waals surface area (Å²) in [6, 6.07) is 6.75. The molecule has 21 heavy (non-hydrogen) atoms. The summed E-state index contributed by atoms with van der Waals surface area (Å²) in [5.41, 5.74) is 3.33. The highest BCUT2D eigenvalue weighted by molar-refractivity contribution is 5.95. The minimum atomic E-state index is 0.209. The van der Waals surface area contributed by atoms with Gasteiger partial charge in [0, 0.05) is 43.5 Å². The SMILES string of the molecule is O=C(c1ccc2c(c1)NCC2)N1CCCN2CCCC2C1. The number of hydrogen-bond acceptors (Lipinski definition) is 3. The summed E-state index contributed by atoms with van der Waals surface area (Å²) < 4.78 is 0. The topological polar surface area (TPSA) is 35.6 Å². The smallest absolute Gasteiger partial charge is 0.253 e. The van der Waals surface area contributed by atoms with Crippen molar-refractivity contribution >= 4 is 11.6 Å². The van der Waals surface area contributed by atoms with Crippen LogP contribution in [0, 0.1) is 0 Å². The fraction of sp³-hybridized carbons (Fsp3) is 0.588. The molecule has 4 nitrogen and oxygen atoms in total. The molecule has 0 aromatic heterocycles. The molecule has 0 bridgehead atoms. The second-order valence-electron chi connectivity index (χ2n) is 6.49. The maximum absolute atomic E-state index is 12.8. The third-order valence-corrected chi connectivity index (χ3v) is 5.16. The lowest BCUT2D eigenvalue weighted by Crippen LogP contribution is -2.39. The van der Waals surface area contributed by atoms with Crippen LogP contribution < -0.4 is 5.32 Å². The van der Waals surface area contributed by atoms with Crippen LogP contribution in [0.4, 0.5) is 5.69 Å². The highest BCUT2D eigenvalue weighted by Crippen LogP contribution is 2.26. The van der Waals surface area contributed by atoms with Gasteiger partial charge >= 0.3 is 0 Å². The number of nitrogens with one attached hydrogen (secondary N) is 1. The van der Waals surface area contributed by atoms with Gasteiger partial charge in [-0.1, -0.05) is 6.07 Å². The normalized spacial score (nSPS) is 25.1. The van der Waals surface area contributed by atoms with Gasteiger partial charge in [-0.2, -0.15) is 0 Å². The Hall–Kier alpha value is -1.55. The number of hydrogen-bond donors (Lipinski definition) is 1. The second kappa shape index (κ2) is 5.34. The Balaban J connectivity index is 1.53. The van der Waals surface area contributed by atoms with Crippen molar-refractivity contribution in [3.63, 3.8) is 0 Å². The molecule has 4 rings (SSSR count). The molecular formula is C17H23N3O. The van der Waals surface area contributed by atoms with Crippen molar-refractivity contribution in [1.29, 1.82) is 0 Å². The molecule has 0 radical (unpaired) electrons. The van der Waals surface area contributed by atoms with Crippen LogP contribution in [0.15, 0.2) is 18.2 Å². The molecule has 2 saturated heterocycles. The molecule has 1 N–H and O–H groups in total. The average molecular weight is 285 g/mol. The Morgan fingerprint density at radius 1 is 1.19 bits per heavy atom. The van der Waals surface area contributed by atoms with Crippen LogP contribution in [-0.4, -0.2) is 54.5 Å². The third-order valence-electron chi connectivity index (χ3n) is 5.16. The summed E-state index contributed by atoms with van der Waals surface area (Å²) in [6.45, 7) is 5.17. The summed E-state index contributed by atoms with van der Waals surface area (Å²) >= 11 is 0. The van der Waals surface area contributed by atoms with Crippen LogP contribution in [-0.2, 0) is 6.42 Å². The number of carbonyl (C=O) groups excluding carboxylic acids is 1. The van der Waals surface area contributed by atoms with Crippen molar-refractivity contribution in [2.45, 2.75) is 31.7 Å². The molecule has 0 saturated carbocycles. The van der Waals surface area contributed by atoms with Gasteiger partial charge in [-0.15, -0.1) is 0 Å². The molecule has 112 valence electrons. The van der Waals surface area contributed by atoms with E-state index in [9.17, 15) is 4.79 Å². The number of amides is 1. The molecule has 0 spiro atoms. The van der Waals surface area contributed by atoms with E-state index in [1.807, 2.05) is 12.1 Å². The van der Waals surface area contributed by atoms with Crippen LogP contribution in [0.3, 0.4) is 0 Å². The molecule has 0 aliphatic carbocycles. The molecule has 3 heterocycles. The van der Waals surface area contributed by atoms with Gasteiger partial charge in [0.1, 0.15) is 0 Å². The van der Waals surface area contributed by atoms with Crippen LogP contribution in [0.1, 0.15) is 35.2 Å². The Labute approximate surface area is 126 Å². The highest BCUT2D eigenvalue weighted by Gasteiger charge is 2.31. The lowest BCUT2D eigenvalue weighted by Gasteiger charge is -2.26. The molecule has 1 unspecified atom stereocenters. The quantitative estimate of drug-likeness (QED) is 0.857. The maximum Gasteiger partial charge on any atom is 0.253 e. The second-order valence-corrected chi connectivity index (χ2v) is 6.49. The van der Waals surface area contributed by atoms with Crippen LogP contribution in [0.25, 0.3) is 0 Å². The minimum absolute atomic E-state index is 0.209. The van der Waals surface area contributed by atoms with E-state index in [0.29, 0.717) is 6.04 Å². The molecule has 3 aliphatic rings. The summed E-state index contributed by atoms with van der Waals surface area (Å²) in [5.74, 6) is 0.209. The molecule has 1 aromatic rings. The molecule has 1 aromatic carbocycles. The van der Waals surface area contributed by atoms with Gasteiger partial charge in [-0.3, -0.25) is 9.69 Å². The molecular weight excluding hydrogens is 262 g/mol. The number of anilines is 1. The van der Waals surface area contributed by atoms with Crippen molar-refractivity contribution in [3.8, 4) is 0 Å². The molecule has 4 heteroatoms. The van der Waals surface area contributed by atoms with Crippen molar-refractivity contribution in [2.24, 2.45) is 0 Å². The predicted molar refractivity (Wildman–Crippen MR) is 83.8 cm³/mol. The van der Waals surface area contributed by atoms with Gasteiger partial charge in [0.15, 0.2) is 0 Å². The monoisotopic (exact) mass is 285 g/mol. The van der Waals surface area contributed by atoms with Crippen molar-refractivity contribution in [3.05, 3.63) is 29.3 Å².